The van der Waals surface area contributed by atoms with Crippen molar-refractivity contribution in [3.63, 3.8) is 0 Å². The lowest BCUT2D eigenvalue weighted by molar-refractivity contribution is -0.143. The first-order valence-corrected chi connectivity index (χ1v) is 12.7. The SMILES string of the molecule is CCC(C)C(NC(=O)C(N)Cc1ccc(O)cc1)C(=O)NC(CCC(N)=O)C(=O)NC(CC(C)C)C(=O)O. The Hall–Kier alpha value is -3.67. The molecule has 9 N–H and O–H groups in total. The van der Waals surface area contributed by atoms with Crippen LogP contribution in [0.15, 0.2) is 24.3 Å². The summed E-state index contributed by atoms with van der Waals surface area (Å²) in [5.74, 6) is -4.23. The molecular weight excluding hydrogens is 494 g/mol. The van der Waals surface area contributed by atoms with E-state index in [-0.39, 0.29) is 43.3 Å². The maximum atomic E-state index is 13.2. The van der Waals surface area contributed by atoms with Gasteiger partial charge in [0.2, 0.25) is 23.6 Å². The van der Waals surface area contributed by atoms with Crippen molar-refractivity contribution in [3.05, 3.63) is 29.8 Å². The van der Waals surface area contributed by atoms with Crippen molar-refractivity contribution in [1.82, 2.24) is 16.0 Å². The normalized spacial score (nSPS) is 15.0. The van der Waals surface area contributed by atoms with Crippen LogP contribution < -0.4 is 27.4 Å². The number of nitrogens with one attached hydrogen (secondary N) is 3. The minimum absolute atomic E-state index is 0.0224. The Morgan fingerprint density at radius 3 is 1.97 bits per heavy atom. The minimum atomic E-state index is -1.25. The first-order chi connectivity index (χ1) is 17.7. The van der Waals surface area contributed by atoms with E-state index in [0.29, 0.717) is 12.0 Å². The Bertz CT molecular complexity index is 967. The third-order valence-electron chi connectivity index (χ3n) is 6.16. The first-order valence-electron chi connectivity index (χ1n) is 12.7. The van der Waals surface area contributed by atoms with E-state index in [2.05, 4.69) is 16.0 Å². The van der Waals surface area contributed by atoms with Crippen LogP contribution in [-0.4, -0.2) is 64.0 Å². The number of benzene rings is 1. The minimum Gasteiger partial charge on any atom is -0.508 e. The van der Waals surface area contributed by atoms with Crippen molar-refractivity contribution in [2.75, 3.05) is 0 Å². The summed E-state index contributed by atoms with van der Waals surface area (Å²) in [5, 5.41) is 26.5. The zero-order valence-electron chi connectivity index (χ0n) is 22.4. The molecule has 4 amide bonds. The summed E-state index contributed by atoms with van der Waals surface area (Å²) in [5.41, 5.74) is 12.0. The lowest BCUT2D eigenvalue weighted by Crippen LogP contribution is -2.59. The largest absolute Gasteiger partial charge is 0.508 e. The summed E-state index contributed by atoms with van der Waals surface area (Å²) in [6.07, 6.45) is 0.471. The molecule has 1 rings (SSSR count). The van der Waals surface area contributed by atoms with Crippen LogP contribution in [0.4, 0.5) is 0 Å². The molecule has 12 heteroatoms. The molecule has 1 aromatic rings. The van der Waals surface area contributed by atoms with Gasteiger partial charge in [0, 0.05) is 6.42 Å². The monoisotopic (exact) mass is 535 g/mol. The van der Waals surface area contributed by atoms with Gasteiger partial charge in [-0.05, 0) is 48.8 Å². The van der Waals surface area contributed by atoms with Gasteiger partial charge in [0.15, 0.2) is 0 Å². The van der Waals surface area contributed by atoms with Gasteiger partial charge < -0.3 is 37.6 Å². The second kappa shape index (κ2) is 15.6. The topological polar surface area (TPSA) is 214 Å². The van der Waals surface area contributed by atoms with Gasteiger partial charge in [-0.1, -0.05) is 46.2 Å². The molecule has 38 heavy (non-hydrogen) atoms. The molecule has 0 saturated carbocycles. The zero-order chi connectivity index (χ0) is 29.0. The Labute approximate surface area is 222 Å². The molecule has 0 fully saturated rings. The predicted molar refractivity (Wildman–Crippen MR) is 141 cm³/mol. The highest BCUT2D eigenvalue weighted by atomic mass is 16.4. The van der Waals surface area contributed by atoms with E-state index in [1.165, 1.54) is 12.1 Å². The summed E-state index contributed by atoms with van der Waals surface area (Å²) in [6, 6.07) is 1.75. The average molecular weight is 536 g/mol. The number of aliphatic carboxylic acids is 1. The van der Waals surface area contributed by atoms with E-state index >= 15 is 0 Å². The number of phenols is 1. The van der Waals surface area contributed by atoms with Crippen molar-refractivity contribution in [2.45, 2.75) is 84.0 Å². The van der Waals surface area contributed by atoms with Crippen LogP contribution in [0.25, 0.3) is 0 Å². The lowest BCUT2D eigenvalue weighted by Gasteiger charge is -2.28. The molecule has 0 aliphatic rings. The van der Waals surface area contributed by atoms with Crippen molar-refractivity contribution >= 4 is 29.6 Å². The molecule has 0 aliphatic heterocycles. The fourth-order valence-electron chi connectivity index (χ4n) is 3.72. The zero-order valence-corrected chi connectivity index (χ0v) is 22.4. The van der Waals surface area contributed by atoms with Crippen LogP contribution in [-0.2, 0) is 30.4 Å². The van der Waals surface area contributed by atoms with E-state index in [4.69, 9.17) is 11.5 Å². The smallest absolute Gasteiger partial charge is 0.326 e. The highest BCUT2D eigenvalue weighted by Crippen LogP contribution is 2.13. The quantitative estimate of drug-likeness (QED) is 0.154. The Balaban J connectivity index is 3.02. The van der Waals surface area contributed by atoms with Gasteiger partial charge in [0.1, 0.15) is 23.9 Å². The molecule has 12 nitrogen and oxygen atoms in total. The number of carbonyl (C=O) groups is 5. The molecule has 5 unspecified atom stereocenters. The predicted octanol–water partition coefficient (Wildman–Crippen LogP) is 0.159. The van der Waals surface area contributed by atoms with Crippen molar-refractivity contribution < 1.29 is 34.2 Å². The van der Waals surface area contributed by atoms with Gasteiger partial charge in [-0.2, -0.15) is 0 Å². The molecule has 5 atom stereocenters. The lowest BCUT2D eigenvalue weighted by atomic mass is 9.96. The van der Waals surface area contributed by atoms with Gasteiger partial charge in [0.25, 0.3) is 0 Å². The Kier molecular flexibility index (Phi) is 13.2. The number of carbonyl (C=O) groups excluding carboxylic acids is 4. The number of aromatic hydroxyl groups is 1. The fraction of sp³-hybridized carbons (Fsp3) is 0.577. The molecule has 0 aliphatic carbocycles. The van der Waals surface area contributed by atoms with E-state index in [1.54, 1.807) is 32.9 Å². The molecule has 0 spiro atoms. The average Bonchev–Trinajstić information content (AvgIpc) is 2.84. The summed E-state index contributed by atoms with van der Waals surface area (Å²) < 4.78 is 0. The number of phenolic OH excluding ortho intramolecular Hbond substituents is 1. The maximum Gasteiger partial charge on any atom is 0.326 e. The molecule has 0 heterocycles. The number of primary amides is 1. The summed E-state index contributed by atoms with van der Waals surface area (Å²) in [6.45, 7) is 7.19. The Morgan fingerprint density at radius 1 is 0.895 bits per heavy atom. The second-order valence-corrected chi connectivity index (χ2v) is 9.94. The summed E-state index contributed by atoms with van der Waals surface area (Å²) in [7, 11) is 0. The molecule has 0 saturated heterocycles. The van der Waals surface area contributed by atoms with Crippen molar-refractivity contribution in [3.8, 4) is 5.75 Å². The number of rotatable bonds is 16. The van der Waals surface area contributed by atoms with Gasteiger partial charge in [-0.15, -0.1) is 0 Å². The van der Waals surface area contributed by atoms with Gasteiger partial charge in [-0.25, -0.2) is 4.79 Å². The highest BCUT2D eigenvalue weighted by molar-refractivity contribution is 5.94. The molecule has 0 radical (unpaired) electrons. The van der Waals surface area contributed by atoms with Crippen LogP contribution >= 0.6 is 0 Å². The molecular formula is C26H41N5O7. The molecule has 0 bridgehead atoms. The van der Waals surface area contributed by atoms with E-state index in [0.717, 1.165) is 0 Å². The van der Waals surface area contributed by atoms with Gasteiger partial charge in [0.05, 0.1) is 6.04 Å². The number of hydrogen-bond acceptors (Lipinski definition) is 7. The number of carboxylic acid groups (broad SMARTS) is 1. The van der Waals surface area contributed by atoms with E-state index in [1.807, 2.05) is 6.92 Å². The third-order valence-corrected chi connectivity index (χ3v) is 6.16. The molecule has 212 valence electrons. The third kappa shape index (κ3) is 11.2. The molecule has 0 aromatic heterocycles. The number of nitrogens with two attached hydrogens (primary N) is 2. The van der Waals surface area contributed by atoms with Crippen LogP contribution in [0.5, 0.6) is 5.75 Å². The maximum absolute atomic E-state index is 13.2. The van der Waals surface area contributed by atoms with E-state index < -0.39 is 53.8 Å². The van der Waals surface area contributed by atoms with Crippen LogP contribution in [0.1, 0.15) is 58.9 Å². The Morgan fingerprint density at radius 2 is 1.47 bits per heavy atom. The summed E-state index contributed by atoms with van der Waals surface area (Å²) in [4.78, 5) is 62.0. The van der Waals surface area contributed by atoms with E-state index in [9.17, 15) is 34.2 Å². The number of hydrogen-bond donors (Lipinski definition) is 7. The molecule has 1 aromatic carbocycles. The van der Waals surface area contributed by atoms with Crippen molar-refractivity contribution in [1.29, 1.82) is 0 Å². The fourth-order valence-corrected chi connectivity index (χ4v) is 3.72. The number of amides is 4. The first kappa shape index (κ1) is 32.4. The van der Waals surface area contributed by atoms with Crippen LogP contribution in [0.3, 0.4) is 0 Å². The highest BCUT2D eigenvalue weighted by Gasteiger charge is 2.32. The van der Waals surface area contributed by atoms with Crippen LogP contribution in [0, 0.1) is 11.8 Å². The number of carboxylic acids is 1. The standard InChI is InChI=1S/C26H41N5O7/c1-5-15(4)22(31-23(34)18(27)13-16-6-8-17(32)9-7-16)25(36)29-19(10-11-21(28)33)24(35)30-20(26(37)38)12-14(2)3/h6-9,14-15,18-20,22,32H,5,10-13,27H2,1-4H3,(H2,28,33)(H,29,36)(H,30,35)(H,31,34)(H,37,38). The van der Waals surface area contributed by atoms with Crippen molar-refractivity contribution in [2.24, 2.45) is 23.3 Å². The van der Waals surface area contributed by atoms with Gasteiger partial charge in [-0.3, -0.25) is 19.2 Å². The summed E-state index contributed by atoms with van der Waals surface area (Å²) >= 11 is 0. The van der Waals surface area contributed by atoms with Crippen LogP contribution in [0.2, 0.25) is 0 Å². The second-order valence-electron chi connectivity index (χ2n) is 9.94. The van der Waals surface area contributed by atoms with Gasteiger partial charge >= 0.3 is 5.97 Å².